The van der Waals surface area contributed by atoms with Crippen molar-refractivity contribution in [3.63, 3.8) is 0 Å². The molecule has 0 heterocycles. The number of hydrogen-bond acceptors (Lipinski definition) is 5. The van der Waals surface area contributed by atoms with Gasteiger partial charge in [0.25, 0.3) is 0 Å². The van der Waals surface area contributed by atoms with Crippen LogP contribution in [0.5, 0.6) is 0 Å². The van der Waals surface area contributed by atoms with Gasteiger partial charge in [0.1, 0.15) is 6.10 Å². The van der Waals surface area contributed by atoms with Crippen LogP contribution in [-0.2, 0) is 14.3 Å². The van der Waals surface area contributed by atoms with Gasteiger partial charge in [0.15, 0.2) is 0 Å². The van der Waals surface area contributed by atoms with Crippen molar-refractivity contribution in [1.29, 1.82) is 0 Å². The second-order valence-electron chi connectivity index (χ2n) is 4.90. The molecule has 3 N–H and O–H groups in total. The normalized spacial score (nSPS) is 12.8. The number of esters is 1. The first-order valence-electron chi connectivity index (χ1n) is 7.35. The van der Waals surface area contributed by atoms with Crippen molar-refractivity contribution < 1.29 is 29.6 Å². The van der Waals surface area contributed by atoms with Crippen molar-refractivity contribution in [3.8, 4) is 0 Å². The minimum atomic E-state index is -1.10. The number of carboxylic acids is 1. The highest BCUT2D eigenvalue weighted by Gasteiger charge is 2.21. The summed E-state index contributed by atoms with van der Waals surface area (Å²) in [4.78, 5) is 22.6. The summed E-state index contributed by atoms with van der Waals surface area (Å²) in [6, 6.07) is 0. The second-order valence-corrected chi connectivity index (χ2v) is 4.90. The summed E-state index contributed by atoms with van der Waals surface area (Å²) >= 11 is 0. The third-order valence-electron chi connectivity index (χ3n) is 3.00. The largest absolute Gasteiger partial charge is 0.481 e. The molecule has 1 unspecified atom stereocenters. The van der Waals surface area contributed by atoms with Gasteiger partial charge in [0, 0.05) is 0 Å². The highest BCUT2D eigenvalue weighted by molar-refractivity contribution is 5.80. The van der Waals surface area contributed by atoms with E-state index in [1.165, 1.54) is 6.08 Å². The summed E-state index contributed by atoms with van der Waals surface area (Å²) < 4.78 is 4.75. The van der Waals surface area contributed by atoms with E-state index in [9.17, 15) is 9.59 Å². The highest BCUT2D eigenvalue weighted by Crippen LogP contribution is 2.10. The van der Waals surface area contributed by atoms with E-state index in [0.29, 0.717) is 0 Å². The molecule has 0 aromatic carbocycles. The third kappa shape index (κ3) is 10.0. The van der Waals surface area contributed by atoms with Crippen LogP contribution in [0.2, 0.25) is 0 Å². The maximum absolute atomic E-state index is 11.5. The van der Waals surface area contributed by atoms with Crippen molar-refractivity contribution in [2.24, 2.45) is 5.92 Å². The lowest BCUT2D eigenvalue weighted by Crippen LogP contribution is -2.27. The average Bonchev–Trinajstić information content (AvgIpc) is 2.46. The summed E-state index contributed by atoms with van der Waals surface area (Å²) in [5, 5.41) is 26.6. The van der Waals surface area contributed by atoms with E-state index < -0.39 is 37.2 Å². The fraction of sp³-hybridized carbons (Fsp3) is 0.733. The number of carbonyl (C=O) groups excluding carboxylic acids is 1. The summed E-state index contributed by atoms with van der Waals surface area (Å²) in [6.45, 7) is 1.13. The molecular formula is C15H26O6. The van der Waals surface area contributed by atoms with E-state index in [0.717, 1.165) is 32.1 Å². The zero-order valence-corrected chi connectivity index (χ0v) is 12.5. The quantitative estimate of drug-likeness (QED) is 0.287. The van der Waals surface area contributed by atoms with Crippen LogP contribution in [-0.4, -0.2) is 46.6 Å². The van der Waals surface area contributed by atoms with Crippen LogP contribution >= 0.6 is 0 Å². The van der Waals surface area contributed by atoms with Crippen molar-refractivity contribution >= 4 is 11.9 Å². The SMILES string of the molecule is CCCCCC/C=C/C(CC(=O)OC(CO)CO)C(=O)O. The topological polar surface area (TPSA) is 104 Å². The van der Waals surface area contributed by atoms with E-state index >= 15 is 0 Å². The van der Waals surface area contributed by atoms with Gasteiger partial charge >= 0.3 is 11.9 Å². The first-order valence-corrected chi connectivity index (χ1v) is 7.35. The standard InChI is InChI=1S/C15H26O6/c1-2-3-4-5-6-7-8-12(15(19)20)9-14(18)21-13(10-16)11-17/h7-8,12-13,16-17H,2-6,9-11H2,1H3,(H,19,20)/b8-7+. The predicted octanol–water partition coefficient (Wildman–Crippen LogP) is 1.50. The van der Waals surface area contributed by atoms with Gasteiger partial charge in [-0.2, -0.15) is 0 Å². The van der Waals surface area contributed by atoms with E-state index in [2.05, 4.69) is 6.92 Å². The molecule has 0 saturated carbocycles. The number of aliphatic carboxylic acids is 1. The van der Waals surface area contributed by atoms with Gasteiger partial charge in [0.05, 0.1) is 25.6 Å². The van der Waals surface area contributed by atoms with Crippen LogP contribution in [0, 0.1) is 5.92 Å². The zero-order chi connectivity index (χ0) is 16.1. The van der Waals surface area contributed by atoms with Crippen molar-refractivity contribution in [2.75, 3.05) is 13.2 Å². The minimum Gasteiger partial charge on any atom is -0.481 e. The molecule has 0 aliphatic rings. The maximum Gasteiger partial charge on any atom is 0.310 e. The maximum atomic E-state index is 11.5. The summed E-state index contributed by atoms with van der Waals surface area (Å²) in [5.74, 6) is -2.78. The number of allylic oxidation sites excluding steroid dienone is 1. The summed E-state index contributed by atoms with van der Waals surface area (Å²) in [5.41, 5.74) is 0. The average molecular weight is 302 g/mol. The fourth-order valence-corrected chi connectivity index (χ4v) is 1.73. The van der Waals surface area contributed by atoms with Crippen LogP contribution in [0.3, 0.4) is 0 Å². The molecule has 0 aliphatic carbocycles. The van der Waals surface area contributed by atoms with E-state index in [-0.39, 0.29) is 6.42 Å². The van der Waals surface area contributed by atoms with Crippen LogP contribution in [0.15, 0.2) is 12.2 Å². The lowest BCUT2D eigenvalue weighted by atomic mass is 10.0. The van der Waals surface area contributed by atoms with Gasteiger partial charge in [0.2, 0.25) is 0 Å². The van der Waals surface area contributed by atoms with E-state index in [4.69, 9.17) is 20.1 Å². The Bertz CT molecular complexity index is 322. The zero-order valence-electron chi connectivity index (χ0n) is 12.5. The van der Waals surface area contributed by atoms with Gasteiger partial charge in [-0.05, 0) is 12.8 Å². The number of carbonyl (C=O) groups is 2. The van der Waals surface area contributed by atoms with Crippen LogP contribution in [0.1, 0.15) is 45.4 Å². The van der Waals surface area contributed by atoms with Gasteiger partial charge in [-0.1, -0.05) is 38.3 Å². The molecule has 0 amide bonds. The molecule has 0 aliphatic heterocycles. The van der Waals surface area contributed by atoms with Gasteiger partial charge < -0.3 is 20.1 Å². The number of carboxylic acid groups (broad SMARTS) is 1. The monoisotopic (exact) mass is 302 g/mol. The molecule has 1 atom stereocenters. The Balaban J connectivity index is 4.20. The van der Waals surface area contributed by atoms with Gasteiger partial charge in [-0.15, -0.1) is 0 Å². The molecule has 0 radical (unpaired) electrons. The molecule has 0 rings (SSSR count). The molecule has 122 valence electrons. The smallest absolute Gasteiger partial charge is 0.310 e. The van der Waals surface area contributed by atoms with Crippen LogP contribution in [0.25, 0.3) is 0 Å². The summed E-state index contributed by atoms with van der Waals surface area (Å²) in [7, 11) is 0. The van der Waals surface area contributed by atoms with E-state index in [1.54, 1.807) is 6.08 Å². The van der Waals surface area contributed by atoms with Gasteiger partial charge in [-0.3, -0.25) is 9.59 Å². The van der Waals surface area contributed by atoms with Crippen LogP contribution in [0.4, 0.5) is 0 Å². The van der Waals surface area contributed by atoms with E-state index in [1.807, 2.05) is 0 Å². The number of ether oxygens (including phenoxy) is 1. The Morgan fingerprint density at radius 2 is 1.81 bits per heavy atom. The molecular weight excluding hydrogens is 276 g/mol. The Hall–Kier alpha value is -1.40. The molecule has 6 nitrogen and oxygen atoms in total. The Kier molecular flexibility index (Phi) is 11.5. The third-order valence-corrected chi connectivity index (χ3v) is 3.00. The molecule has 21 heavy (non-hydrogen) atoms. The number of aliphatic hydroxyl groups is 2. The molecule has 6 heteroatoms. The summed E-state index contributed by atoms with van der Waals surface area (Å²) in [6.07, 6.45) is 7.17. The molecule has 0 aromatic rings. The molecule has 0 bridgehead atoms. The number of unbranched alkanes of at least 4 members (excludes halogenated alkanes) is 4. The first-order chi connectivity index (χ1) is 10.0. The number of aliphatic hydroxyl groups excluding tert-OH is 2. The molecule has 0 saturated heterocycles. The van der Waals surface area contributed by atoms with Crippen molar-refractivity contribution in [3.05, 3.63) is 12.2 Å². The lowest BCUT2D eigenvalue weighted by molar-refractivity contribution is -0.157. The first kappa shape index (κ1) is 19.6. The Labute approximate surface area is 125 Å². The Morgan fingerprint density at radius 3 is 2.33 bits per heavy atom. The number of rotatable bonds is 12. The second kappa shape index (κ2) is 12.3. The minimum absolute atomic E-state index is 0.308. The van der Waals surface area contributed by atoms with Crippen molar-refractivity contribution in [1.82, 2.24) is 0 Å². The molecule has 0 fully saturated rings. The van der Waals surface area contributed by atoms with Gasteiger partial charge in [-0.25, -0.2) is 0 Å². The highest BCUT2D eigenvalue weighted by atomic mass is 16.6. The van der Waals surface area contributed by atoms with Crippen LogP contribution < -0.4 is 0 Å². The molecule has 0 spiro atoms. The lowest BCUT2D eigenvalue weighted by Gasteiger charge is -2.14. The Morgan fingerprint density at radius 1 is 1.14 bits per heavy atom. The number of hydrogen-bond donors (Lipinski definition) is 3. The molecule has 0 aromatic heterocycles. The fourth-order valence-electron chi connectivity index (χ4n) is 1.73. The predicted molar refractivity (Wildman–Crippen MR) is 77.7 cm³/mol. The van der Waals surface area contributed by atoms with Crippen molar-refractivity contribution in [2.45, 2.75) is 51.6 Å².